The zero-order chi connectivity index (χ0) is 12.4. The molecule has 0 saturated carbocycles. The van der Waals surface area contributed by atoms with Crippen LogP contribution in [0.2, 0.25) is 0 Å². The fourth-order valence-corrected chi connectivity index (χ4v) is 1.94. The third kappa shape index (κ3) is 6.49. The summed E-state index contributed by atoms with van der Waals surface area (Å²) in [6.07, 6.45) is 8.28. The largest absolute Gasteiger partial charge is 0.365 e. The molecular formula is C14H30O2. The third-order valence-corrected chi connectivity index (χ3v) is 3.18. The van der Waals surface area contributed by atoms with Gasteiger partial charge in [-0.25, -0.2) is 0 Å². The predicted octanol–water partition coefficient (Wildman–Crippen LogP) is 4.12. The van der Waals surface area contributed by atoms with E-state index in [0.717, 1.165) is 12.8 Å². The number of hydrogen-bond donors (Lipinski definition) is 1. The lowest BCUT2D eigenvalue weighted by atomic mass is 9.96. The van der Waals surface area contributed by atoms with E-state index in [0.29, 0.717) is 6.61 Å². The second kappa shape index (κ2) is 9.00. The molecule has 1 atom stereocenters. The van der Waals surface area contributed by atoms with Gasteiger partial charge in [0.1, 0.15) is 0 Å². The Morgan fingerprint density at radius 2 is 1.56 bits per heavy atom. The molecule has 0 aliphatic rings. The number of aliphatic hydroxyl groups is 1. The zero-order valence-corrected chi connectivity index (χ0v) is 11.6. The van der Waals surface area contributed by atoms with Gasteiger partial charge in [-0.2, -0.15) is 0 Å². The molecule has 1 N–H and O–H groups in total. The Labute approximate surface area is 101 Å². The van der Waals surface area contributed by atoms with Crippen molar-refractivity contribution in [1.29, 1.82) is 0 Å². The van der Waals surface area contributed by atoms with Gasteiger partial charge in [0.2, 0.25) is 0 Å². The summed E-state index contributed by atoms with van der Waals surface area (Å²) in [7, 11) is 0. The summed E-state index contributed by atoms with van der Waals surface area (Å²) in [5.74, 6) is -0.734. The minimum Gasteiger partial charge on any atom is -0.365 e. The van der Waals surface area contributed by atoms with Crippen molar-refractivity contribution in [3.63, 3.8) is 0 Å². The van der Waals surface area contributed by atoms with Gasteiger partial charge in [0.15, 0.2) is 5.79 Å². The van der Waals surface area contributed by atoms with Crippen LogP contribution in [0.5, 0.6) is 0 Å². The van der Waals surface area contributed by atoms with Crippen LogP contribution in [0.25, 0.3) is 0 Å². The maximum Gasteiger partial charge on any atom is 0.167 e. The van der Waals surface area contributed by atoms with Crippen LogP contribution in [0.3, 0.4) is 0 Å². The van der Waals surface area contributed by atoms with Crippen molar-refractivity contribution in [1.82, 2.24) is 0 Å². The number of rotatable bonds is 10. The van der Waals surface area contributed by atoms with Crippen molar-refractivity contribution in [3.8, 4) is 0 Å². The van der Waals surface area contributed by atoms with Gasteiger partial charge >= 0.3 is 0 Å². The summed E-state index contributed by atoms with van der Waals surface area (Å²) in [5.41, 5.74) is 0. The van der Waals surface area contributed by atoms with Crippen LogP contribution in [0, 0.1) is 5.92 Å². The average molecular weight is 230 g/mol. The highest BCUT2D eigenvalue weighted by molar-refractivity contribution is 4.71. The molecule has 0 aliphatic heterocycles. The fraction of sp³-hybridized carbons (Fsp3) is 1.00. The van der Waals surface area contributed by atoms with Gasteiger partial charge in [-0.1, -0.05) is 52.9 Å². The van der Waals surface area contributed by atoms with E-state index < -0.39 is 5.79 Å². The average Bonchev–Trinajstić information content (AvgIpc) is 2.23. The summed E-state index contributed by atoms with van der Waals surface area (Å²) >= 11 is 0. The molecule has 0 spiro atoms. The number of ether oxygens (including phenoxy) is 1. The minimum atomic E-state index is -0.903. The quantitative estimate of drug-likeness (QED) is 0.452. The molecule has 16 heavy (non-hydrogen) atoms. The molecule has 0 aromatic rings. The highest BCUT2D eigenvalue weighted by atomic mass is 16.6. The van der Waals surface area contributed by atoms with Crippen molar-refractivity contribution < 1.29 is 9.84 Å². The molecule has 2 nitrogen and oxygen atoms in total. The first-order chi connectivity index (χ1) is 7.56. The Balaban J connectivity index is 3.68. The van der Waals surface area contributed by atoms with E-state index in [9.17, 15) is 5.11 Å². The van der Waals surface area contributed by atoms with Gasteiger partial charge in [0.05, 0.1) is 0 Å². The highest BCUT2D eigenvalue weighted by Crippen LogP contribution is 2.25. The van der Waals surface area contributed by atoms with Crippen LogP contribution < -0.4 is 0 Å². The zero-order valence-electron chi connectivity index (χ0n) is 11.6. The molecule has 0 fully saturated rings. The van der Waals surface area contributed by atoms with E-state index in [1.807, 2.05) is 20.8 Å². The maximum absolute atomic E-state index is 10.3. The van der Waals surface area contributed by atoms with Crippen molar-refractivity contribution in [2.24, 2.45) is 5.92 Å². The van der Waals surface area contributed by atoms with Crippen LogP contribution in [-0.2, 0) is 4.74 Å². The van der Waals surface area contributed by atoms with E-state index in [2.05, 4.69) is 6.92 Å². The normalized spacial score (nSPS) is 15.4. The smallest absolute Gasteiger partial charge is 0.167 e. The van der Waals surface area contributed by atoms with Gasteiger partial charge in [0, 0.05) is 18.9 Å². The van der Waals surface area contributed by atoms with E-state index in [1.165, 1.54) is 32.1 Å². The van der Waals surface area contributed by atoms with Gasteiger partial charge in [-0.3, -0.25) is 0 Å². The highest BCUT2D eigenvalue weighted by Gasteiger charge is 2.30. The summed E-state index contributed by atoms with van der Waals surface area (Å²) in [4.78, 5) is 0. The SMILES string of the molecule is CCCCCCCCC(O)(OCC)C(C)C. The van der Waals surface area contributed by atoms with Crippen LogP contribution in [-0.4, -0.2) is 17.5 Å². The first-order valence-corrected chi connectivity index (χ1v) is 6.93. The molecule has 2 heteroatoms. The number of unbranched alkanes of at least 4 members (excludes halogenated alkanes) is 5. The van der Waals surface area contributed by atoms with Crippen molar-refractivity contribution in [2.45, 2.75) is 78.4 Å². The molecule has 0 aromatic carbocycles. The lowest BCUT2D eigenvalue weighted by molar-refractivity contribution is -0.232. The molecular weight excluding hydrogens is 200 g/mol. The van der Waals surface area contributed by atoms with Crippen LogP contribution in [0.4, 0.5) is 0 Å². The Kier molecular flexibility index (Phi) is 8.96. The van der Waals surface area contributed by atoms with Crippen LogP contribution in [0.15, 0.2) is 0 Å². The van der Waals surface area contributed by atoms with Gasteiger partial charge in [-0.15, -0.1) is 0 Å². The van der Waals surface area contributed by atoms with Crippen molar-refractivity contribution in [2.75, 3.05) is 6.61 Å². The third-order valence-electron chi connectivity index (χ3n) is 3.18. The minimum absolute atomic E-state index is 0.170. The topological polar surface area (TPSA) is 29.5 Å². The van der Waals surface area contributed by atoms with Crippen molar-refractivity contribution in [3.05, 3.63) is 0 Å². The molecule has 0 radical (unpaired) electrons. The van der Waals surface area contributed by atoms with Gasteiger partial charge in [0.25, 0.3) is 0 Å². The Morgan fingerprint density at radius 1 is 1.00 bits per heavy atom. The second-order valence-electron chi connectivity index (χ2n) is 4.95. The first-order valence-electron chi connectivity index (χ1n) is 6.93. The van der Waals surface area contributed by atoms with Crippen molar-refractivity contribution >= 4 is 0 Å². The monoisotopic (exact) mass is 230 g/mol. The molecule has 1 unspecified atom stereocenters. The van der Waals surface area contributed by atoms with Gasteiger partial charge in [-0.05, 0) is 13.3 Å². The molecule has 0 aliphatic carbocycles. The molecule has 98 valence electrons. The molecule has 0 amide bonds. The number of hydrogen-bond acceptors (Lipinski definition) is 2. The van der Waals surface area contributed by atoms with E-state index >= 15 is 0 Å². The van der Waals surface area contributed by atoms with E-state index in [4.69, 9.17) is 4.74 Å². The fourth-order valence-electron chi connectivity index (χ4n) is 1.94. The van der Waals surface area contributed by atoms with Crippen LogP contribution in [0.1, 0.15) is 72.6 Å². The molecule has 0 bridgehead atoms. The molecule has 0 heterocycles. The summed E-state index contributed by atoms with van der Waals surface area (Å²) in [6, 6.07) is 0. The Hall–Kier alpha value is -0.0800. The van der Waals surface area contributed by atoms with E-state index in [-0.39, 0.29) is 5.92 Å². The van der Waals surface area contributed by atoms with Crippen LogP contribution >= 0.6 is 0 Å². The predicted molar refractivity (Wildman–Crippen MR) is 69.4 cm³/mol. The molecule has 0 rings (SSSR count). The Morgan fingerprint density at radius 3 is 2.06 bits per heavy atom. The van der Waals surface area contributed by atoms with Gasteiger partial charge < -0.3 is 9.84 Å². The lowest BCUT2D eigenvalue weighted by Gasteiger charge is -2.31. The molecule has 0 aromatic heterocycles. The summed E-state index contributed by atoms with van der Waals surface area (Å²) < 4.78 is 5.47. The van der Waals surface area contributed by atoms with E-state index in [1.54, 1.807) is 0 Å². The molecule has 0 saturated heterocycles. The second-order valence-corrected chi connectivity index (χ2v) is 4.95. The standard InChI is InChI=1S/C14H30O2/c1-5-7-8-9-10-11-12-14(15,13(3)4)16-6-2/h13,15H,5-12H2,1-4H3. The maximum atomic E-state index is 10.3. The summed E-state index contributed by atoms with van der Waals surface area (Å²) in [6.45, 7) is 8.80. The Bertz CT molecular complexity index is 157. The summed E-state index contributed by atoms with van der Waals surface area (Å²) in [5, 5.41) is 10.3. The lowest BCUT2D eigenvalue weighted by Crippen LogP contribution is -2.38. The first kappa shape index (κ1) is 15.9.